The number of aromatic nitrogens is 2. The maximum atomic E-state index is 12.2. The molecular weight excluding hydrogens is 348 g/mol. The Labute approximate surface area is 156 Å². The summed E-state index contributed by atoms with van der Waals surface area (Å²) >= 11 is 1.43. The molecule has 0 aliphatic rings. The molecule has 0 spiro atoms. The van der Waals surface area contributed by atoms with Crippen LogP contribution in [0, 0.1) is 18.3 Å². The van der Waals surface area contributed by atoms with Crippen LogP contribution in [0.4, 0.5) is 0 Å². The second-order valence-corrected chi connectivity index (χ2v) is 7.12. The number of carbonyl (C=O) groups is 1. The number of nitrogens with zero attached hydrogens (tertiary/aromatic N) is 3. The molecule has 0 saturated carbocycles. The SMILES string of the molecule is COCC(C)NC(=O)CSc1cc(C)c(C#N)c2nc3ccccc3n12. The molecule has 1 atom stereocenters. The van der Waals surface area contributed by atoms with Gasteiger partial charge in [0, 0.05) is 13.2 Å². The summed E-state index contributed by atoms with van der Waals surface area (Å²) in [5.41, 5.74) is 3.79. The Kier molecular flexibility index (Phi) is 5.45. The normalized spacial score (nSPS) is 12.2. The van der Waals surface area contributed by atoms with Gasteiger partial charge in [0.2, 0.25) is 5.91 Å². The van der Waals surface area contributed by atoms with Gasteiger partial charge < -0.3 is 10.1 Å². The molecule has 26 heavy (non-hydrogen) atoms. The van der Waals surface area contributed by atoms with E-state index in [0.717, 1.165) is 21.6 Å². The monoisotopic (exact) mass is 368 g/mol. The van der Waals surface area contributed by atoms with Crippen LogP contribution in [0.3, 0.4) is 0 Å². The number of hydrogen-bond acceptors (Lipinski definition) is 5. The first-order valence-electron chi connectivity index (χ1n) is 8.27. The van der Waals surface area contributed by atoms with Crippen molar-refractivity contribution in [2.24, 2.45) is 0 Å². The smallest absolute Gasteiger partial charge is 0.230 e. The molecule has 1 unspecified atom stereocenters. The fraction of sp³-hybridized carbons (Fsp3) is 0.316. The van der Waals surface area contributed by atoms with Crippen molar-refractivity contribution in [3.8, 4) is 6.07 Å². The molecule has 2 aromatic heterocycles. The van der Waals surface area contributed by atoms with Gasteiger partial charge in [0.05, 0.1) is 34.0 Å². The number of rotatable bonds is 6. The van der Waals surface area contributed by atoms with Crippen LogP contribution in [0.25, 0.3) is 16.7 Å². The van der Waals surface area contributed by atoms with E-state index in [0.29, 0.717) is 17.8 Å². The number of hydrogen-bond donors (Lipinski definition) is 1. The molecule has 3 aromatic rings. The average molecular weight is 368 g/mol. The first kappa shape index (κ1) is 18.2. The highest BCUT2D eigenvalue weighted by atomic mass is 32.2. The van der Waals surface area contributed by atoms with Crippen LogP contribution >= 0.6 is 11.8 Å². The molecule has 1 aromatic carbocycles. The van der Waals surface area contributed by atoms with E-state index in [1.165, 1.54) is 11.8 Å². The Bertz CT molecular complexity index is 1010. The number of amides is 1. The maximum absolute atomic E-state index is 12.2. The minimum atomic E-state index is -0.0564. The first-order valence-corrected chi connectivity index (χ1v) is 9.25. The molecular formula is C19H20N4O2S. The van der Waals surface area contributed by atoms with Crippen molar-refractivity contribution >= 4 is 34.3 Å². The summed E-state index contributed by atoms with van der Waals surface area (Å²) in [7, 11) is 1.61. The van der Waals surface area contributed by atoms with Gasteiger partial charge in [0.1, 0.15) is 6.07 Å². The topological polar surface area (TPSA) is 79.4 Å². The third kappa shape index (κ3) is 3.52. The van der Waals surface area contributed by atoms with Gasteiger partial charge in [0.15, 0.2) is 5.65 Å². The highest BCUT2D eigenvalue weighted by molar-refractivity contribution is 7.99. The highest BCUT2D eigenvalue weighted by Gasteiger charge is 2.16. The third-order valence-corrected chi connectivity index (χ3v) is 5.03. The highest BCUT2D eigenvalue weighted by Crippen LogP contribution is 2.29. The number of fused-ring (bicyclic) bond motifs is 3. The zero-order valence-corrected chi connectivity index (χ0v) is 15.8. The molecule has 1 N–H and O–H groups in total. The van der Waals surface area contributed by atoms with E-state index in [1.54, 1.807) is 7.11 Å². The summed E-state index contributed by atoms with van der Waals surface area (Å²) in [6.07, 6.45) is 0. The summed E-state index contributed by atoms with van der Waals surface area (Å²) < 4.78 is 7.00. The zero-order chi connectivity index (χ0) is 18.7. The lowest BCUT2D eigenvalue weighted by atomic mass is 10.2. The standard InChI is InChI=1S/C19H20N4O2S/c1-12-8-18(26-11-17(24)21-13(2)10-25-3)23-16-7-5-4-6-15(16)22-19(23)14(12)9-20/h4-8,13H,10-11H2,1-3H3,(H,21,24). The molecule has 7 heteroatoms. The van der Waals surface area contributed by atoms with Gasteiger partial charge in [-0.25, -0.2) is 4.98 Å². The fourth-order valence-corrected chi connectivity index (χ4v) is 3.84. The van der Waals surface area contributed by atoms with E-state index >= 15 is 0 Å². The van der Waals surface area contributed by atoms with Gasteiger partial charge >= 0.3 is 0 Å². The number of methoxy groups -OCH3 is 1. The Morgan fingerprint density at radius 2 is 2.23 bits per heavy atom. The van der Waals surface area contributed by atoms with E-state index in [2.05, 4.69) is 16.4 Å². The van der Waals surface area contributed by atoms with Crippen LogP contribution in [0.5, 0.6) is 0 Å². The second-order valence-electron chi connectivity index (χ2n) is 6.12. The number of para-hydroxylation sites is 2. The number of imidazole rings is 1. The van der Waals surface area contributed by atoms with E-state index in [4.69, 9.17) is 4.74 Å². The molecule has 0 fully saturated rings. The van der Waals surface area contributed by atoms with Crippen LogP contribution in [0.2, 0.25) is 0 Å². The molecule has 0 radical (unpaired) electrons. The summed E-state index contributed by atoms with van der Waals surface area (Å²) in [4.78, 5) is 16.8. The fourth-order valence-electron chi connectivity index (χ4n) is 2.91. The summed E-state index contributed by atoms with van der Waals surface area (Å²) in [5.74, 6) is 0.222. The number of benzene rings is 1. The van der Waals surface area contributed by atoms with Crippen molar-refractivity contribution in [3.05, 3.63) is 41.5 Å². The van der Waals surface area contributed by atoms with Crippen LogP contribution in [0.1, 0.15) is 18.1 Å². The number of pyridine rings is 1. The van der Waals surface area contributed by atoms with Crippen molar-refractivity contribution in [1.82, 2.24) is 14.7 Å². The van der Waals surface area contributed by atoms with Gasteiger partial charge in [-0.05, 0) is 37.6 Å². The number of nitrogens with one attached hydrogen (secondary N) is 1. The Hall–Kier alpha value is -2.56. The maximum Gasteiger partial charge on any atom is 0.230 e. The summed E-state index contributed by atoms with van der Waals surface area (Å²) in [6.45, 7) is 4.27. The lowest BCUT2D eigenvalue weighted by molar-refractivity contribution is -0.119. The van der Waals surface area contributed by atoms with Crippen molar-refractivity contribution < 1.29 is 9.53 Å². The Morgan fingerprint density at radius 3 is 2.96 bits per heavy atom. The van der Waals surface area contributed by atoms with Crippen molar-refractivity contribution in [2.75, 3.05) is 19.5 Å². The van der Waals surface area contributed by atoms with Gasteiger partial charge in [-0.2, -0.15) is 5.26 Å². The predicted octanol–water partition coefficient (Wildman–Crippen LogP) is 2.91. The second kappa shape index (κ2) is 7.77. The number of ether oxygens (including phenoxy) is 1. The number of carbonyl (C=O) groups excluding carboxylic acids is 1. The average Bonchev–Trinajstić information content (AvgIpc) is 2.99. The van der Waals surface area contributed by atoms with Gasteiger partial charge in [0.25, 0.3) is 0 Å². The largest absolute Gasteiger partial charge is 0.383 e. The van der Waals surface area contributed by atoms with Crippen LogP contribution in [0.15, 0.2) is 35.4 Å². The van der Waals surface area contributed by atoms with Crippen LogP contribution < -0.4 is 5.32 Å². The van der Waals surface area contributed by atoms with Crippen molar-refractivity contribution in [3.63, 3.8) is 0 Å². The van der Waals surface area contributed by atoms with E-state index in [1.807, 2.05) is 48.6 Å². The molecule has 3 rings (SSSR count). The molecule has 134 valence electrons. The van der Waals surface area contributed by atoms with Gasteiger partial charge in [-0.1, -0.05) is 23.9 Å². The van der Waals surface area contributed by atoms with E-state index < -0.39 is 0 Å². The van der Waals surface area contributed by atoms with E-state index in [9.17, 15) is 10.1 Å². The van der Waals surface area contributed by atoms with Gasteiger partial charge in [-0.15, -0.1) is 0 Å². The molecule has 0 bridgehead atoms. The van der Waals surface area contributed by atoms with Gasteiger partial charge in [-0.3, -0.25) is 9.20 Å². The number of aryl methyl sites for hydroxylation is 1. The lowest BCUT2D eigenvalue weighted by Gasteiger charge is -2.13. The summed E-state index contributed by atoms with van der Waals surface area (Å²) in [5, 5.41) is 13.3. The van der Waals surface area contributed by atoms with Crippen molar-refractivity contribution in [2.45, 2.75) is 24.9 Å². The molecule has 0 aliphatic carbocycles. The molecule has 6 nitrogen and oxygen atoms in total. The van der Waals surface area contributed by atoms with Crippen LogP contribution in [-0.2, 0) is 9.53 Å². The molecule has 2 heterocycles. The number of thioether (sulfide) groups is 1. The number of nitriles is 1. The first-order chi connectivity index (χ1) is 12.5. The third-order valence-electron chi connectivity index (χ3n) is 4.03. The molecule has 1 amide bonds. The summed E-state index contributed by atoms with van der Waals surface area (Å²) in [6, 6.07) is 11.9. The van der Waals surface area contributed by atoms with Crippen LogP contribution in [-0.4, -0.2) is 40.8 Å². The predicted molar refractivity (Wildman–Crippen MR) is 102 cm³/mol. The minimum Gasteiger partial charge on any atom is -0.383 e. The molecule has 0 aliphatic heterocycles. The Balaban J connectivity index is 1.96. The van der Waals surface area contributed by atoms with Crippen molar-refractivity contribution in [1.29, 1.82) is 5.26 Å². The quantitative estimate of drug-likeness (QED) is 0.677. The molecule has 0 saturated heterocycles. The lowest BCUT2D eigenvalue weighted by Crippen LogP contribution is -2.36. The minimum absolute atomic E-state index is 0.0371. The van der Waals surface area contributed by atoms with E-state index in [-0.39, 0.29) is 17.7 Å². The Morgan fingerprint density at radius 1 is 1.46 bits per heavy atom. The zero-order valence-electron chi connectivity index (χ0n) is 14.9.